The molecule has 0 amide bonds. The van der Waals surface area contributed by atoms with Gasteiger partial charge in [0, 0.05) is 37.9 Å². The SMILES string of the molecule is CCc1nc2n(n1)CC(NC(=NCc1nnc(C)n1C)NC1CCOc3ccccc31)CC2.I. The summed E-state index contributed by atoms with van der Waals surface area (Å²) < 4.78 is 9.85. The summed E-state index contributed by atoms with van der Waals surface area (Å²) in [5, 5.41) is 20.4. The fraction of sp³-hybridized carbons (Fsp3) is 0.522. The summed E-state index contributed by atoms with van der Waals surface area (Å²) in [6.45, 7) is 5.93. The molecule has 4 heterocycles. The molecule has 0 spiro atoms. The second-order valence-electron chi connectivity index (χ2n) is 8.62. The molecule has 0 fully saturated rings. The van der Waals surface area contributed by atoms with Gasteiger partial charge in [-0.25, -0.2) is 14.7 Å². The zero-order chi connectivity index (χ0) is 22.8. The fourth-order valence-corrected chi connectivity index (χ4v) is 4.35. The van der Waals surface area contributed by atoms with Crippen LogP contribution < -0.4 is 15.4 Å². The number of aromatic nitrogens is 6. The van der Waals surface area contributed by atoms with Crippen LogP contribution in [0.25, 0.3) is 0 Å². The van der Waals surface area contributed by atoms with Crippen molar-refractivity contribution in [3.05, 3.63) is 53.1 Å². The minimum absolute atomic E-state index is 0. The molecule has 0 bridgehead atoms. The molecule has 34 heavy (non-hydrogen) atoms. The van der Waals surface area contributed by atoms with Crippen molar-refractivity contribution in [1.82, 2.24) is 40.2 Å². The normalized spacial score (nSPS) is 19.4. The minimum atomic E-state index is 0. The summed E-state index contributed by atoms with van der Waals surface area (Å²) >= 11 is 0. The lowest BCUT2D eigenvalue weighted by molar-refractivity contribution is 0.261. The van der Waals surface area contributed by atoms with Crippen molar-refractivity contribution < 1.29 is 4.74 Å². The Hall–Kier alpha value is -2.70. The van der Waals surface area contributed by atoms with E-state index in [9.17, 15) is 0 Å². The van der Waals surface area contributed by atoms with Gasteiger partial charge >= 0.3 is 0 Å². The van der Waals surface area contributed by atoms with Crippen LogP contribution in [0.4, 0.5) is 0 Å². The van der Waals surface area contributed by atoms with Crippen molar-refractivity contribution in [3.63, 3.8) is 0 Å². The maximum Gasteiger partial charge on any atom is 0.192 e. The molecule has 0 saturated heterocycles. The smallest absolute Gasteiger partial charge is 0.192 e. The van der Waals surface area contributed by atoms with Crippen molar-refractivity contribution in [2.45, 2.75) is 64.7 Å². The second-order valence-corrected chi connectivity index (χ2v) is 8.62. The van der Waals surface area contributed by atoms with Crippen molar-refractivity contribution in [2.24, 2.45) is 12.0 Å². The van der Waals surface area contributed by atoms with E-state index in [4.69, 9.17) is 9.73 Å². The van der Waals surface area contributed by atoms with E-state index in [2.05, 4.69) is 43.9 Å². The first-order valence-corrected chi connectivity index (χ1v) is 11.7. The van der Waals surface area contributed by atoms with Crippen molar-refractivity contribution in [2.75, 3.05) is 6.61 Å². The predicted molar refractivity (Wildman–Crippen MR) is 139 cm³/mol. The van der Waals surface area contributed by atoms with E-state index in [1.807, 2.05) is 41.4 Å². The van der Waals surface area contributed by atoms with Gasteiger partial charge in [0.2, 0.25) is 0 Å². The van der Waals surface area contributed by atoms with Crippen molar-refractivity contribution in [3.8, 4) is 5.75 Å². The average Bonchev–Trinajstić information content (AvgIpc) is 3.40. The Morgan fingerprint density at radius 3 is 2.85 bits per heavy atom. The monoisotopic (exact) mass is 577 g/mol. The lowest BCUT2D eigenvalue weighted by atomic mass is 10.0. The molecule has 2 aliphatic heterocycles. The zero-order valence-electron chi connectivity index (χ0n) is 19.9. The number of aliphatic imine (C=N–C) groups is 1. The maximum absolute atomic E-state index is 5.84. The summed E-state index contributed by atoms with van der Waals surface area (Å²) in [5.41, 5.74) is 1.16. The number of rotatable bonds is 5. The van der Waals surface area contributed by atoms with Crippen LogP contribution in [0, 0.1) is 6.92 Å². The molecule has 2 N–H and O–H groups in total. The highest BCUT2D eigenvalue weighted by atomic mass is 127. The minimum Gasteiger partial charge on any atom is -0.493 e. The Morgan fingerprint density at radius 2 is 2.06 bits per heavy atom. The average molecular weight is 577 g/mol. The van der Waals surface area contributed by atoms with Crippen LogP contribution in [0.1, 0.15) is 54.7 Å². The Bertz CT molecular complexity index is 1160. The number of para-hydroxylation sites is 1. The number of ether oxygens (including phenoxy) is 1. The number of nitrogens with one attached hydrogen (secondary N) is 2. The first kappa shape index (κ1) is 24.4. The molecule has 3 aromatic rings. The largest absolute Gasteiger partial charge is 0.493 e. The van der Waals surface area contributed by atoms with E-state index in [1.165, 1.54) is 0 Å². The van der Waals surface area contributed by atoms with Gasteiger partial charge in [0.25, 0.3) is 0 Å². The first-order valence-electron chi connectivity index (χ1n) is 11.7. The third-order valence-electron chi connectivity index (χ3n) is 6.39. The molecular formula is C23H32IN9O. The number of hydrogen-bond donors (Lipinski definition) is 2. The molecule has 2 aromatic heterocycles. The molecule has 5 rings (SSSR count). The molecular weight excluding hydrogens is 545 g/mol. The highest BCUT2D eigenvalue weighted by Crippen LogP contribution is 2.31. The lowest BCUT2D eigenvalue weighted by Gasteiger charge is -2.30. The van der Waals surface area contributed by atoms with Gasteiger partial charge in [0.1, 0.15) is 23.9 Å². The number of halogens is 1. The Balaban J connectivity index is 0.00000274. The number of fused-ring (bicyclic) bond motifs is 2. The van der Waals surface area contributed by atoms with E-state index in [0.717, 1.165) is 72.8 Å². The molecule has 0 saturated carbocycles. The molecule has 10 nitrogen and oxygen atoms in total. The number of guanidine groups is 1. The summed E-state index contributed by atoms with van der Waals surface area (Å²) in [6, 6.07) is 8.53. The van der Waals surface area contributed by atoms with Gasteiger partial charge in [0.15, 0.2) is 17.6 Å². The maximum atomic E-state index is 5.84. The zero-order valence-corrected chi connectivity index (χ0v) is 22.2. The van der Waals surface area contributed by atoms with E-state index < -0.39 is 0 Å². The molecule has 2 atom stereocenters. The highest BCUT2D eigenvalue weighted by Gasteiger charge is 2.25. The summed E-state index contributed by atoms with van der Waals surface area (Å²) in [4.78, 5) is 9.53. The van der Waals surface area contributed by atoms with Gasteiger partial charge in [-0.05, 0) is 19.4 Å². The molecule has 2 aliphatic rings. The summed E-state index contributed by atoms with van der Waals surface area (Å²) in [5.74, 6) is 5.39. The fourth-order valence-electron chi connectivity index (χ4n) is 4.35. The second kappa shape index (κ2) is 10.7. The van der Waals surface area contributed by atoms with Crippen LogP contribution in [0.3, 0.4) is 0 Å². The van der Waals surface area contributed by atoms with Crippen LogP contribution in [0.15, 0.2) is 29.3 Å². The van der Waals surface area contributed by atoms with E-state index in [1.54, 1.807) is 0 Å². The number of nitrogens with zero attached hydrogens (tertiary/aromatic N) is 7. The number of hydrogen-bond acceptors (Lipinski definition) is 6. The van der Waals surface area contributed by atoms with Gasteiger partial charge in [0.05, 0.1) is 19.2 Å². The van der Waals surface area contributed by atoms with Crippen LogP contribution in [0.5, 0.6) is 5.75 Å². The number of benzene rings is 1. The molecule has 11 heteroatoms. The standard InChI is InChI=1S/C23H31N9O.HI/c1-4-20-27-21-10-9-16(14-32(21)30-20)25-23(24-13-22-29-28-15(2)31(22)3)26-18-11-12-33-19-8-6-5-7-17(18)19;/h5-8,16,18H,4,9-14H2,1-3H3,(H2,24,25,26);1H. The third-order valence-corrected chi connectivity index (χ3v) is 6.39. The summed E-state index contributed by atoms with van der Waals surface area (Å²) in [7, 11) is 1.97. The summed E-state index contributed by atoms with van der Waals surface area (Å²) in [6.07, 6.45) is 3.61. The van der Waals surface area contributed by atoms with Crippen LogP contribution >= 0.6 is 24.0 Å². The Kier molecular flexibility index (Phi) is 7.69. The van der Waals surface area contributed by atoms with Gasteiger partial charge in [-0.1, -0.05) is 25.1 Å². The number of aryl methyl sites for hydroxylation is 3. The van der Waals surface area contributed by atoms with Crippen molar-refractivity contribution in [1.29, 1.82) is 0 Å². The van der Waals surface area contributed by atoms with Gasteiger partial charge < -0.3 is 19.9 Å². The molecule has 0 aliphatic carbocycles. The topological polar surface area (TPSA) is 107 Å². The van der Waals surface area contributed by atoms with Crippen molar-refractivity contribution >= 4 is 29.9 Å². The third kappa shape index (κ3) is 5.18. The molecule has 0 radical (unpaired) electrons. The van der Waals surface area contributed by atoms with Crippen LogP contribution in [-0.2, 0) is 33.0 Å². The molecule has 1 aromatic carbocycles. The van der Waals surface area contributed by atoms with Gasteiger partial charge in [-0.3, -0.25) is 0 Å². The molecule has 182 valence electrons. The Morgan fingerprint density at radius 1 is 1.21 bits per heavy atom. The van der Waals surface area contributed by atoms with Crippen LogP contribution in [-0.4, -0.2) is 48.1 Å². The lowest BCUT2D eigenvalue weighted by Crippen LogP contribution is -2.48. The quantitative estimate of drug-likeness (QED) is 0.273. The molecule has 2 unspecified atom stereocenters. The van der Waals surface area contributed by atoms with E-state index in [0.29, 0.717) is 13.2 Å². The Labute approximate surface area is 216 Å². The van der Waals surface area contributed by atoms with Gasteiger partial charge in [-0.15, -0.1) is 34.2 Å². The van der Waals surface area contributed by atoms with E-state index in [-0.39, 0.29) is 36.1 Å². The first-order chi connectivity index (χ1) is 16.1. The highest BCUT2D eigenvalue weighted by molar-refractivity contribution is 14.0. The van der Waals surface area contributed by atoms with E-state index >= 15 is 0 Å². The predicted octanol–water partition coefficient (Wildman–Crippen LogP) is 2.47. The van der Waals surface area contributed by atoms with Crippen LogP contribution in [0.2, 0.25) is 0 Å². The van der Waals surface area contributed by atoms with Gasteiger partial charge in [-0.2, -0.15) is 5.10 Å².